The van der Waals surface area contributed by atoms with Crippen molar-refractivity contribution < 1.29 is 9.59 Å². The van der Waals surface area contributed by atoms with E-state index < -0.39 is 6.04 Å². The zero-order chi connectivity index (χ0) is 21.5. The van der Waals surface area contributed by atoms with Crippen molar-refractivity contribution in [1.29, 1.82) is 0 Å². The highest BCUT2D eigenvalue weighted by Crippen LogP contribution is 2.22. The van der Waals surface area contributed by atoms with Gasteiger partial charge in [-0.25, -0.2) is 0 Å². The van der Waals surface area contributed by atoms with E-state index in [1.165, 1.54) is 0 Å². The standard InChI is InChI=1S/C21H21BrClN5O2/c1-2-3-17(25-20(29)9-13-8-15(22)12-24-11-13)21(30)26-19-10-18(27-28-19)14-4-6-16(23)7-5-14/h4-8,10-12,17H,2-3,9H2,1H3,(H,25,29)(H2,26,27,28,30). The first-order chi connectivity index (χ1) is 14.4. The number of rotatable bonds is 8. The molecule has 7 nitrogen and oxygen atoms in total. The van der Waals surface area contributed by atoms with Crippen molar-refractivity contribution in [2.45, 2.75) is 32.2 Å². The third-order valence-electron chi connectivity index (χ3n) is 4.34. The minimum Gasteiger partial charge on any atom is -0.344 e. The Labute approximate surface area is 187 Å². The Morgan fingerprint density at radius 1 is 1.20 bits per heavy atom. The van der Waals surface area contributed by atoms with Crippen LogP contribution in [0.4, 0.5) is 5.82 Å². The van der Waals surface area contributed by atoms with Gasteiger partial charge in [0.05, 0.1) is 12.1 Å². The molecule has 3 N–H and O–H groups in total. The minimum absolute atomic E-state index is 0.142. The number of aromatic nitrogens is 3. The Kier molecular flexibility index (Phi) is 7.59. The molecule has 0 spiro atoms. The van der Waals surface area contributed by atoms with E-state index in [9.17, 15) is 9.59 Å². The third kappa shape index (κ3) is 6.14. The fraction of sp³-hybridized carbons (Fsp3) is 0.238. The molecule has 0 bridgehead atoms. The molecular weight excluding hydrogens is 470 g/mol. The molecule has 9 heteroatoms. The Morgan fingerprint density at radius 3 is 2.67 bits per heavy atom. The molecule has 3 aromatic rings. The van der Waals surface area contributed by atoms with Gasteiger partial charge in [0, 0.05) is 28.0 Å². The lowest BCUT2D eigenvalue weighted by molar-refractivity contribution is -0.126. The maximum absolute atomic E-state index is 12.7. The molecule has 0 aliphatic rings. The summed E-state index contributed by atoms with van der Waals surface area (Å²) in [5.41, 5.74) is 2.41. The van der Waals surface area contributed by atoms with Gasteiger partial charge in [-0.3, -0.25) is 19.7 Å². The Morgan fingerprint density at radius 2 is 1.97 bits per heavy atom. The van der Waals surface area contributed by atoms with Gasteiger partial charge in [0.1, 0.15) is 6.04 Å². The van der Waals surface area contributed by atoms with Crippen LogP contribution in [-0.2, 0) is 16.0 Å². The number of aromatic amines is 1. The summed E-state index contributed by atoms with van der Waals surface area (Å²) in [6.07, 6.45) is 4.68. The number of nitrogens with one attached hydrogen (secondary N) is 3. The fourth-order valence-electron chi connectivity index (χ4n) is 2.92. The molecule has 2 aromatic heterocycles. The summed E-state index contributed by atoms with van der Waals surface area (Å²) in [6, 6.07) is 10.2. The van der Waals surface area contributed by atoms with Crippen molar-refractivity contribution >= 4 is 45.2 Å². The van der Waals surface area contributed by atoms with Crippen molar-refractivity contribution in [1.82, 2.24) is 20.5 Å². The number of H-pyrrole nitrogens is 1. The lowest BCUT2D eigenvalue weighted by Gasteiger charge is -2.17. The van der Waals surface area contributed by atoms with E-state index in [4.69, 9.17) is 11.6 Å². The van der Waals surface area contributed by atoms with Gasteiger partial charge in [-0.1, -0.05) is 37.1 Å². The zero-order valence-corrected chi connectivity index (χ0v) is 18.6. The molecule has 2 heterocycles. The smallest absolute Gasteiger partial charge is 0.248 e. The average molecular weight is 491 g/mol. The van der Waals surface area contributed by atoms with Crippen molar-refractivity contribution in [3.8, 4) is 11.3 Å². The minimum atomic E-state index is -0.654. The number of amides is 2. The Bertz CT molecular complexity index is 1020. The van der Waals surface area contributed by atoms with Crippen LogP contribution in [0.15, 0.2) is 53.3 Å². The van der Waals surface area contributed by atoms with Crippen LogP contribution >= 0.6 is 27.5 Å². The molecule has 2 amide bonds. The lowest BCUT2D eigenvalue weighted by atomic mass is 10.1. The van der Waals surface area contributed by atoms with Crippen molar-refractivity contribution in [3.63, 3.8) is 0 Å². The van der Waals surface area contributed by atoms with E-state index >= 15 is 0 Å². The number of hydrogen-bond donors (Lipinski definition) is 3. The summed E-state index contributed by atoms with van der Waals surface area (Å²) in [5, 5.41) is 13.2. The predicted molar refractivity (Wildman–Crippen MR) is 120 cm³/mol. The molecular formula is C21H21BrClN5O2. The normalized spacial score (nSPS) is 11.7. The van der Waals surface area contributed by atoms with Crippen LogP contribution in [0.5, 0.6) is 0 Å². The first-order valence-corrected chi connectivity index (χ1v) is 10.6. The predicted octanol–water partition coefficient (Wildman–Crippen LogP) is 4.35. The van der Waals surface area contributed by atoms with Gasteiger partial charge in [-0.15, -0.1) is 0 Å². The quantitative estimate of drug-likeness (QED) is 0.437. The Balaban J connectivity index is 1.62. The number of halogens is 2. The third-order valence-corrected chi connectivity index (χ3v) is 5.03. The van der Waals surface area contributed by atoms with Crippen LogP contribution in [0.1, 0.15) is 25.3 Å². The van der Waals surface area contributed by atoms with Gasteiger partial charge in [0.15, 0.2) is 5.82 Å². The van der Waals surface area contributed by atoms with Crippen LogP contribution < -0.4 is 10.6 Å². The second-order valence-electron chi connectivity index (χ2n) is 6.76. The van der Waals surface area contributed by atoms with E-state index in [-0.39, 0.29) is 18.2 Å². The molecule has 1 atom stereocenters. The number of nitrogens with zero attached hydrogens (tertiary/aromatic N) is 2. The van der Waals surface area contributed by atoms with Crippen LogP contribution in [0.25, 0.3) is 11.3 Å². The van der Waals surface area contributed by atoms with E-state index in [1.54, 1.807) is 30.6 Å². The summed E-state index contributed by atoms with van der Waals surface area (Å²) in [4.78, 5) is 29.2. The van der Waals surface area contributed by atoms with E-state index in [2.05, 4.69) is 41.7 Å². The van der Waals surface area contributed by atoms with Gasteiger partial charge in [-0.05, 0) is 51.7 Å². The number of benzene rings is 1. The number of pyridine rings is 1. The average Bonchev–Trinajstić information content (AvgIpc) is 3.16. The summed E-state index contributed by atoms with van der Waals surface area (Å²) in [7, 11) is 0. The molecule has 156 valence electrons. The maximum Gasteiger partial charge on any atom is 0.248 e. The fourth-order valence-corrected chi connectivity index (χ4v) is 3.46. The summed E-state index contributed by atoms with van der Waals surface area (Å²) in [6.45, 7) is 1.96. The number of carbonyl (C=O) groups is 2. The molecule has 0 aliphatic heterocycles. The first-order valence-electron chi connectivity index (χ1n) is 9.45. The molecule has 0 saturated heterocycles. The van der Waals surface area contributed by atoms with Crippen molar-refractivity contribution in [2.24, 2.45) is 0 Å². The maximum atomic E-state index is 12.7. The molecule has 1 aromatic carbocycles. The number of carbonyl (C=O) groups excluding carboxylic acids is 2. The highest BCUT2D eigenvalue weighted by atomic mass is 79.9. The van der Waals surface area contributed by atoms with Crippen molar-refractivity contribution in [3.05, 3.63) is 63.9 Å². The first kappa shape index (κ1) is 22.0. The Hall–Kier alpha value is -2.71. The lowest BCUT2D eigenvalue weighted by Crippen LogP contribution is -2.44. The molecule has 0 radical (unpaired) electrons. The molecule has 30 heavy (non-hydrogen) atoms. The highest BCUT2D eigenvalue weighted by molar-refractivity contribution is 9.10. The molecule has 3 rings (SSSR count). The van der Waals surface area contributed by atoms with E-state index in [0.717, 1.165) is 27.7 Å². The summed E-state index contributed by atoms with van der Waals surface area (Å²) < 4.78 is 0.797. The topological polar surface area (TPSA) is 99.8 Å². The van der Waals surface area contributed by atoms with Gasteiger partial charge in [0.2, 0.25) is 11.8 Å². The van der Waals surface area contributed by atoms with Crippen LogP contribution in [-0.4, -0.2) is 33.0 Å². The number of hydrogen-bond acceptors (Lipinski definition) is 4. The molecule has 0 aliphatic carbocycles. The zero-order valence-electron chi connectivity index (χ0n) is 16.3. The summed E-state index contributed by atoms with van der Waals surface area (Å²) >= 11 is 9.25. The van der Waals surface area contributed by atoms with Crippen LogP contribution in [0, 0.1) is 0 Å². The second kappa shape index (κ2) is 10.4. The SMILES string of the molecule is CCCC(NC(=O)Cc1cncc(Br)c1)C(=O)Nc1cc(-c2ccc(Cl)cc2)[nH]n1. The molecule has 0 saturated carbocycles. The molecule has 0 fully saturated rings. The van der Waals surface area contributed by atoms with Crippen LogP contribution in [0.3, 0.4) is 0 Å². The monoisotopic (exact) mass is 489 g/mol. The van der Waals surface area contributed by atoms with Gasteiger partial charge >= 0.3 is 0 Å². The van der Waals surface area contributed by atoms with E-state index in [0.29, 0.717) is 17.3 Å². The van der Waals surface area contributed by atoms with Crippen LogP contribution in [0.2, 0.25) is 5.02 Å². The van der Waals surface area contributed by atoms with Gasteiger partial charge < -0.3 is 10.6 Å². The number of anilines is 1. The van der Waals surface area contributed by atoms with Crippen molar-refractivity contribution in [2.75, 3.05) is 5.32 Å². The van der Waals surface area contributed by atoms with E-state index in [1.807, 2.05) is 25.1 Å². The second-order valence-corrected chi connectivity index (χ2v) is 8.11. The highest BCUT2D eigenvalue weighted by Gasteiger charge is 2.21. The largest absolute Gasteiger partial charge is 0.344 e. The summed E-state index contributed by atoms with van der Waals surface area (Å²) in [5.74, 6) is -0.171. The van der Waals surface area contributed by atoms with Gasteiger partial charge in [0.25, 0.3) is 0 Å². The molecule has 1 unspecified atom stereocenters. The van der Waals surface area contributed by atoms with Gasteiger partial charge in [-0.2, -0.15) is 5.10 Å².